The normalized spacial score (nSPS) is 12.4. The molecule has 1 amide bonds. The Kier molecular flexibility index (Phi) is 6.36. The SMILES string of the molecule is CCCNC(COc1ccc(C(C)C)cc1)C(N)=O. The first kappa shape index (κ1) is 15.5. The second-order valence-corrected chi connectivity index (χ2v) is 4.94. The highest BCUT2D eigenvalue weighted by atomic mass is 16.5. The number of amides is 1. The first-order chi connectivity index (χ1) is 9.04. The number of carbonyl (C=O) groups excluding carboxylic acids is 1. The molecule has 0 aliphatic carbocycles. The second kappa shape index (κ2) is 7.79. The Balaban J connectivity index is 2.51. The number of rotatable bonds is 8. The Bertz CT molecular complexity index is 388. The molecular formula is C15H24N2O2. The largest absolute Gasteiger partial charge is 0.491 e. The molecule has 0 radical (unpaired) electrons. The van der Waals surface area contributed by atoms with Crippen molar-refractivity contribution >= 4 is 5.91 Å². The van der Waals surface area contributed by atoms with Crippen molar-refractivity contribution in [3.05, 3.63) is 29.8 Å². The van der Waals surface area contributed by atoms with E-state index in [2.05, 4.69) is 19.2 Å². The summed E-state index contributed by atoms with van der Waals surface area (Å²) in [5, 5.41) is 3.07. The van der Waals surface area contributed by atoms with Crippen molar-refractivity contribution in [1.29, 1.82) is 0 Å². The molecule has 0 heterocycles. The number of benzene rings is 1. The van der Waals surface area contributed by atoms with Crippen LogP contribution in [0.1, 0.15) is 38.7 Å². The number of primary amides is 1. The molecule has 0 saturated heterocycles. The van der Waals surface area contributed by atoms with Crippen LogP contribution in [-0.4, -0.2) is 25.1 Å². The summed E-state index contributed by atoms with van der Waals surface area (Å²) < 4.78 is 5.60. The maximum atomic E-state index is 11.2. The van der Waals surface area contributed by atoms with Gasteiger partial charge in [0.2, 0.25) is 5.91 Å². The third-order valence-electron chi connectivity index (χ3n) is 2.95. The van der Waals surface area contributed by atoms with E-state index >= 15 is 0 Å². The maximum absolute atomic E-state index is 11.2. The van der Waals surface area contributed by atoms with Gasteiger partial charge in [0.25, 0.3) is 0 Å². The Morgan fingerprint density at radius 3 is 2.42 bits per heavy atom. The van der Waals surface area contributed by atoms with E-state index in [1.807, 2.05) is 31.2 Å². The van der Waals surface area contributed by atoms with Crippen molar-refractivity contribution < 1.29 is 9.53 Å². The van der Waals surface area contributed by atoms with E-state index in [-0.39, 0.29) is 12.5 Å². The summed E-state index contributed by atoms with van der Waals surface area (Å²) in [5.41, 5.74) is 6.59. The predicted molar refractivity (Wildman–Crippen MR) is 77.3 cm³/mol. The van der Waals surface area contributed by atoms with E-state index < -0.39 is 6.04 Å². The second-order valence-electron chi connectivity index (χ2n) is 4.94. The molecule has 1 unspecified atom stereocenters. The lowest BCUT2D eigenvalue weighted by Crippen LogP contribution is -2.45. The highest BCUT2D eigenvalue weighted by molar-refractivity contribution is 5.80. The predicted octanol–water partition coefficient (Wildman–Crippen LogP) is 2.04. The lowest BCUT2D eigenvalue weighted by molar-refractivity contribution is -0.120. The van der Waals surface area contributed by atoms with E-state index in [0.29, 0.717) is 5.92 Å². The molecular weight excluding hydrogens is 240 g/mol. The van der Waals surface area contributed by atoms with Crippen molar-refractivity contribution in [3.8, 4) is 5.75 Å². The number of carbonyl (C=O) groups is 1. The Hall–Kier alpha value is -1.55. The van der Waals surface area contributed by atoms with Crippen LogP contribution in [0.15, 0.2) is 24.3 Å². The van der Waals surface area contributed by atoms with Crippen molar-refractivity contribution in [2.75, 3.05) is 13.2 Å². The molecule has 0 aliphatic rings. The Labute approximate surface area is 115 Å². The minimum atomic E-state index is -0.440. The zero-order valence-corrected chi connectivity index (χ0v) is 12.0. The molecule has 1 aromatic carbocycles. The lowest BCUT2D eigenvalue weighted by Gasteiger charge is -2.16. The number of nitrogens with one attached hydrogen (secondary N) is 1. The number of hydrogen-bond acceptors (Lipinski definition) is 3. The van der Waals surface area contributed by atoms with Crippen LogP contribution in [0.2, 0.25) is 0 Å². The summed E-state index contributed by atoms with van der Waals surface area (Å²) in [6.45, 7) is 7.34. The third-order valence-corrected chi connectivity index (χ3v) is 2.95. The van der Waals surface area contributed by atoms with Gasteiger partial charge in [-0.1, -0.05) is 32.9 Å². The van der Waals surface area contributed by atoms with Crippen LogP contribution in [0.4, 0.5) is 0 Å². The molecule has 4 nitrogen and oxygen atoms in total. The fourth-order valence-electron chi connectivity index (χ4n) is 1.69. The lowest BCUT2D eigenvalue weighted by atomic mass is 10.0. The van der Waals surface area contributed by atoms with E-state index in [4.69, 9.17) is 10.5 Å². The molecule has 0 saturated carbocycles. The molecule has 3 N–H and O–H groups in total. The summed E-state index contributed by atoms with van der Waals surface area (Å²) in [5.74, 6) is 0.875. The average molecular weight is 264 g/mol. The minimum Gasteiger partial charge on any atom is -0.491 e. The van der Waals surface area contributed by atoms with Gasteiger partial charge in [0.15, 0.2) is 0 Å². The first-order valence-electron chi connectivity index (χ1n) is 6.80. The first-order valence-corrected chi connectivity index (χ1v) is 6.80. The third kappa shape index (κ3) is 5.30. The van der Waals surface area contributed by atoms with Crippen LogP contribution in [0, 0.1) is 0 Å². The van der Waals surface area contributed by atoms with Gasteiger partial charge in [0.1, 0.15) is 18.4 Å². The van der Waals surface area contributed by atoms with Gasteiger partial charge in [0, 0.05) is 0 Å². The fourth-order valence-corrected chi connectivity index (χ4v) is 1.69. The van der Waals surface area contributed by atoms with E-state index in [1.54, 1.807) is 0 Å². The highest BCUT2D eigenvalue weighted by Gasteiger charge is 2.14. The molecule has 4 heteroatoms. The number of ether oxygens (including phenoxy) is 1. The van der Waals surface area contributed by atoms with Gasteiger partial charge in [-0.3, -0.25) is 4.79 Å². The van der Waals surface area contributed by atoms with Crippen molar-refractivity contribution in [3.63, 3.8) is 0 Å². The summed E-state index contributed by atoms with van der Waals surface area (Å²) in [6, 6.07) is 7.49. The van der Waals surface area contributed by atoms with Crippen LogP contribution < -0.4 is 15.8 Å². The zero-order valence-electron chi connectivity index (χ0n) is 12.0. The maximum Gasteiger partial charge on any atom is 0.238 e. The smallest absolute Gasteiger partial charge is 0.238 e. The van der Waals surface area contributed by atoms with Gasteiger partial charge in [-0.25, -0.2) is 0 Å². The molecule has 0 aromatic heterocycles. The molecule has 0 aliphatic heterocycles. The summed E-state index contributed by atoms with van der Waals surface area (Å²) in [6.07, 6.45) is 0.951. The van der Waals surface area contributed by atoms with Crippen molar-refractivity contribution in [1.82, 2.24) is 5.32 Å². The minimum absolute atomic E-state index is 0.260. The van der Waals surface area contributed by atoms with Gasteiger partial charge in [-0.05, 0) is 36.6 Å². The molecule has 1 aromatic rings. The van der Waals surface area contributed by atoms with E-state index in [9.17, 15) is 4.79 Å². The molecule has 19 heavy (non-hydrogen) atoms. The summed E-state index contributed by atoms with van der Waals surface area (Å²) in [7, 11) is 0. The molecule has 0 spiro atoms. The van der Waals surface area contributed by atoms with Gasteiger partial charge in [0.05, 0.1) is 0 Å². The Morgan fingerprint density at radius 1 is 1.32 bits per heavy atom. The molecule has 1 atom stereocenters. The quantitative estimate of drug-likeness (QED) is 0.755. The number of nitrogens with two attached hydrogens (primary N) is 1. The number of hydrogen-bond donors (Lipinski definition) is 2. The monoisotopic (exact) mass is 264 g/mol. The molecule has 0 fully saturated rings. The summed E-state index contributed by atoms with van der Waals surface area (Å²) >= 11 is 0. The van der Waals surface area contributed by atoms with Gasteiger partial charge in [-0.15, -0.1) is 0 Å². The van der Waals surface area contributed by atoms with Gasteiger partial charge in [-0.2, -0.15) is 0 Å². The topological polar surface area (TPSA) is 64.3 Å². The standard InChI is InChI=1S/C15H24N2O2/c1-4-9-17-14(15(16)18)10-19-13-7-5-12(6-8-13)11(2)3/h5-8,11,14,17H,4,9-10H2,1-3H3,(H2,16,18). The fraction of sp³-hybridized carbons (Fsp3) is 0.533. The molecule has 1 rings (SSSR count). The van der Waals surface area contributed by atoms with Crippen LogP contribution in [-0.2, 0) is 4.79 Å². The molecule has 0 bridgehead atoms. The molecule has 106 valence electrons. The van der Waals surface area contributed by atoms with Crippen LogP contribution in [0.5, 0.6) is 5.75 Å². The van der Waals surface area contributed by atoms with Gasteiger partial charge < -0.3 is 15.8 Å². The van der Waals surface area contributed by atoms with E-state index in [0.717, 1.165) is 18.7 Å². The van der Waals surface area contributed by atoms with Crippen molar-refractivity contribution in [2.24, 2.45) is 5.73 Å². The van der Waals surface area contributed by atoms with Crippen LogP contribution in [0.25, 0.3) is 0 Å². The van der Waals surface area contributed by atoms with E-state index in [1.165, 1.54) is 5.56 Å². The van der Waals surface area contributed by atoms with Crippen LogP contribution >= 0.6 is 0 Å². The highest BCUT2D eigenvalue weighted by Crippen LogP contribution is 2.18. The van der Waals surface area contributed by atoms with Crippen LogP contribution in [0.3, 0.4) is 0 Å². The average Bonchev–Trinajstić information content (AvgIpc) is 2.39. The Morgan fingerprint density at radius 2 is 1.95 bits per heavy atom. The van der Waals surface area contributed by atoms with Gasteiger partial charge >= 0.3 is 0 Å². The summed E-state index contributed by atoms with van der Waals surface area (Å²) in [4.78, 5) is 11.2. The zero-order chi connectivity index (χ0) is 14.3. The van der Waals surface area contributed by atoms with Crippen molar-refractivity contribution in [2.45, 2.75) is 39.2 Å².